The van der Waals surface area contributed by atoms with Gasteiger partial charge in [-0.2, -0.15) is 0 Å². The zero-order chi connectivity index (χ0) is 21.1. The second-order valence-corrected chi connectivity index (χ2v) is 6.55. The summed E-state index contributed by atoms with van der Waals surface area (Å²) in [6.07, 6.45) is 1.43. The monoisotopic (exact) mass is 409 g/mol. The van der Waals surface area contributed by atoms with E-state index in [9.17, 15) is 8.78 Å². The maximum Gasteiger partial charge on any atom is 0.170 e. The average molecular weight is 409 g/mol. The maximum atomic E-state index is 14.4. The first-order valence-corrected chi connectivity index (χ1v) is 8.97. The van der Waals surface area contributed by atoms with Crippen molar-refractivity contribution in [3.8, 4) is 17.1 Å². The Kier molecular flexibility index (Phi) is 5.25. The van der Waals surface area contributed by atoms with Gasteiger partial charge in [-0.1, -0.05) is 11.2 Å². The van der Waals surface area contributed by atoms with Crippen molar-refractivity contribution in [1.29, 1.82) is 0 Å². The van der Waals surface area contributed by atoms with Crippen molar-refractivity contribution in [2.75, 3.05) is 11.5 Å². The molecule has 0 bridgehead atoms. The zero-order valence-electron chi connectivity index (χ0n) is 15.7. The van der Waals surface area contributed by atoms with E-state index >= 15 is 0 Å². The second kappa shape index (κ2) is 8.16. The summed E-state index contributed by atoms with van der Waals surface area (Å²) in [5.74, 6) is 0.101. The van der Waals surface area contributed by atoms with E-state index in [4.69, 9.17) is 20.7 Å². The smallest absolute Gasteiger partial charge is 0.170 e. The van der Waals surface area contributed by atoms with Gasteiger partial charge < -0.3 is 20.7 Å². The van der Waals surface area contributed by atoms with Crippen LogP contribution in [0.1, 0.15) is 17.0 Å². The number of halogens is 2. The number of nitrogen functional groups attached to an aromatic ring is 2. The molecule has 9 heteroatoms. The molecule has 30 heavy (non-hydrogen) atoms. The Balaban J connectivity index is 1.43. The molecule has 0 atom stereocenters. The lowest BCUT2D eigenvalue weighted by Crippen LogP contribution is -2.00. The van der Waals surface area contributed by atoms with Crippen LogP contribution < -0.4 is 16.2 Å². The summed E-state index contributed by atoms with van der Waals surface area (Å²) in [5.41, 5.74) is 13.8. The quantitative estimate of drug-likeness (QED) is 0.499. The second-order valence-electron chi connectivity index (χ2n) is 6.55. The van der Waals surface area contributed by atoms with Crippen molar-refractivity contribution >= 4 is 11.6 Å². The predicted molar refractivity (Wildman–Crippen MR) is 106 cm³/mol. The van der Waals surface area contributed by atoms with Crippen LogP contribution in [0.3, 0.4) is 0 Å². The fraction of sp³-hybridized carbons (Fsp3) is 0.0952. The minimum Gasteiger partial charge on any atom is -0.484 e. The highest BCUT2D eigenvalue weighted by molar-refractivity contribution is 5.71. The largest absolute Gasteiger partial charge is 0.484 e. The molecule has 3 heterocycles. The minimum atomic E-state index is -0.523. The third kappa shape index (κ3) is 4.35. The number of hydrogen-bond donors (Lipinski definition) is 2. The molecule has 0 aliphatic heterocycles. The lowest BCUT2D eigenvalue weighted by Gasteiger charge is -2.08. The van der Waals surface area contributed by atoms with Gasteiger partial charge in [-0.3, -0.25) is 4.98 Å². The molecule has 1 aromatic carbocycles. The number of ether oxygens (including phenoxy) is 1. The zero-order valence-corrected chi connectivity index (χ0v) is 15.7. The third-order valence-electron chi connectivity index (χ3n) is 4.32. The molecule has 0 aliphatic rings. The van der Waals surface area contributed by atoms with Crippen LogP contribution in [0.25, 0.3) is 11.3 Å². The standard InChI is InChI=1S/C21H17F2N5O2/c22-13-2-3-14(26-10-13)11-29-18-5-1-12(8-17(18)23)7-15-9-19(30-28-15)16-4-6-20(24)27-21(16)25/h1-6,8-10H,7,11H2,(H4,24,25,27). The molecule has 7 nitrogen and oxygen atoms in total. The molecule has 0 fully saturated rings. The number of nitrogens with zero attached hydrogens (tertiary/aromatic N) is 3. The Hall–Kier alpha value is -4.01. The summed E-state index contributed by atoms with van der Waals surface area (Å²) >= 11 is 0. The maximum absolute atomic E-state index is 14.4. The lowest BCUT2D eigenvalue weighted by molar-refractivity contribution is 0.285. The highest BCUT2D eigenvalue weighted by atomic mass is 19.1. The van der Waals surface area contributed by atoms with Crippen molar-refractivity contribution in [1.82, 2.24) is 15.1 Å². The van der Waals surface area contributed by atoms with E-state index in [-0.39, 0.29) is 18.2 Å². The minimum absolute atomic E-state index is 0.0280. The molecule has 4 rings (SSSR count). The van der Waals surface area contributed by atoms with Gasteiger partial charge >= 0.3 is 0 Å². The van der Waals surface area contributed by atoms with Gasteiger partial charge in [0.25, 0.3) is 0 Å². The lowest BCUT2D eigenvalue weighted by atomic mass is 10.1. The number of hydrogen-bond acceptors (Lipinski definition) is 7. The number of anilines is 2. The molecule has 0 radical (unpaired) electrons. The molecule has 3 aromatic heterocycles. The molecule has 4 aromatic rings. The van der Waals surface area contributed by atoms with Crippen LogP contribution in [0.4, 0.5) is 20.4 Å². The molecule has 4 N–H and O–H groups in total. The highest BCUT2D eigenvalue weighted by Gasteiger charge is 2.13. The van der Waals surface area contributed by atoms with Gasteiger partial charge in [0.2, 0.25) is 0 Å². The van der Waals surface area contributed by atoms with E-state index in [1.54, 1.807) is 24.3 Å². The van der Waals surface area contributed by atoms with Crippen LogP contribution in [-0.2, 0) is 13.0 Å². The van der Waals surface area contributed by atoms with Crippen molar-refractivity contribution in [3.05, 3.63) is 83.3 Å². The van der Waals surface area contributed by atoms with Crippen molar-refractivity contribution in [2.24, 2.45) is 0 Å². The fourth-order valence-corrected chi connectivity index (χ4v) is 2.85. The highest BCUT2D eigenvalue weighted by Crippen LogP contribution is 2.27. The number of rotatable bonds is 6. The molecule has 0 unspecified atom stereocenters. The fourth-order valence-electron chi connectivity index (χ4n) is 2.85. The molecule has 0 spiro atoms. The summed E-state index contributed by atoms with van der Waals surface area (Å²) in [7, 11) is 0. The summed E-state index contributed by atoms with van der Waals surface area (Å²) in [5, 5.41) is 4.00. The molecule has 0 amide bonds. The number of pyridine rings is 2. The van der Waals surface area contributed by atoms with Crippen LogP contribution in [0.5, 0.6) is 5.75 Å². The van der Waals surface area contributed by atoms with E-state index in [1.165, 1.54) is 24.3 Å². The summed E-state index contributed by atoms with van der Waals surface area (Å²) in [4.78, 5) is 7.86. The number of nitrogens with two attached hydrogens (primary N) is 2. The van der Waals surface area contributed by atoms with E-state index in [1.807, 2.05) is 0 Å². The van der Waals surface area contributed by atoms with Gasteiger partial charge in [0.15, 0.2) is 17.3 Å². The van der Waals surface area contributed by atoms with Gasteiger partial charge in [0.1, 0.15) is 24.1 Å². The Morgan fingerprint density at radius 1 is 0.967 bits per heavy atom. The Morgan fingerprint density at radius 3 is 2.57 bits per heavy atom. The molecule has 152 valence electrons. The van der Waals surface area contributed by atoms with Crippen LogP contribution in [-0.4, -0.2) is 15.1 Å². The number of aromatic nitrogens is 3. The van der Waals surface area contributed by atoms with Gasteiger partial charge in [0.05, 0.1) is 23.1 Å². The summed E-state index contributed by atoms with van der Waals surface area (Å²) in [6.45, 7) is 0.0280. The Labute approximate surface area is 170 Å². The molecular weight excluding hydrogens is 392 g/mol. The van der Waals surface area contributed by atoms with Gasteiger partial charge in [-0.25, -0.2) is 13.8 Å². The van der Waals surface area contributed by atoms with Gasteiger partial charge in [-0.05, 0) is 42.0 Å². The average Bonchev–Trinajstić information content (AvgIpc) is 3.17. The van der Waals surface area contributed by atoms with Crippen molar-refractivity contribution < 1.29 is 18.0 Å². The van der Waals surface area contributed by atoms with Crippen molar-refractivity contribution in [2.45, 2.75) is 13.0 Å². The normalized spacial score (nSPS) is 10.9. The Bertz CT molecular complexity index is 1180. The van der Waals surface area contributed by atoms with Crippen LogP contribution in [0, 0.1) is 11.6 Å². The first kappa shape index (κ1) is 19.3. The van der Waals surface area contributed by atoms with Gasteiger partial charge in [-0.15, -0.1) is 0 Å². The van der Waals surface area contributed by atoms with Crippen LogP contribution in [0.15, 0.2) is 59.3 Å². The molecular formula is C21H17F2N5O2. The number of benzene rings is 1. The third-order valence-corrected chi connectivity index (χ3v) is 4.32. The predicted octanol–water partition coefficient (Wildman–Crippen LogP) is 3.74. The first-order valence-electron chi connectivity index (χ1n) is 8.97. The summed E-state index contributed by atoms with van der Waals surface area (Å²) in [6, 6.07) is 12.4. The molecule has 0 saturated heterocycles. The summed E-state index contributed by atoms with van der Waals surface area (Å²) < 4.78 is 38.0. The molecule has 0 saturated carbocycles. The van der Waals surface area contributed by atoms with Crippen LogP contribution >= 0.6 is 0 Å². The first-order chi connectivity index (χ1) is 14.5. The van der Waals surface area contributed by atoms with Gasteiger partial charge in [0, 0.05) is 12.5 Å². The van der Waals surface area contributed by atoms with Crippen molar-refractivity contribution in [3.63, 3.8) is 0 Å². The van der Waals surface area contributed by atoms with E-state index in [0.717, 1.165) is 6.20 Å². The molecule has 0 aliphatic carbocycles. The van der Waals surface area contributed by atoms with E-state index in [2.05, 4.69) is 15.1 Å². The SMILES string of the molecule is Nc1ccc(-c2cc(Cc3ccc(OCc4ccc(F)cn4)c(F)c3)no2)c(N)n1. The van der Waals surface area contributed by atoms with E-state index < -0.39 is 11.6 Å². The Morgan fingerprint density at radius 2 is 1.83 bits per heavy atom. The topological polar surface area (TPSA) is 113 Å². The van der Waals surface area contributed by atoms with E-state index in [0.29, 0.717) is 40.5 Å². The van der Waals surface area contributed by atoms with Crippen LogP contribution in [0.2, 0.25) is 0 Å².